The van der Waals surface area contributed by atoms with Crippen LogP contribution >= 0.6 is 22.7 Å². The number of ether oxygens (including phenoxy) is 1. The normalized spacial score (nSPS) is 13.4. The third kappa shape index (κ3) is 11.8. The molecule has 17 nitrogen and oxygen atoms in total. The maximum absolute atomic E-state index is 12.8. The van der Waals surface area contributed by atoms with Crippen molar-refractivity contribution in [1.29, 1.82) is 0 Å². The summed E-state index contributed by atoms with van der Waals surface area (Å²) < 4.78 is 8.74. The van der Waals surface area contributed by atoms with E-state index >= 15 is 0 Å². The fourth-order valence-corrected chi connectivity index (χ4v) is 10.4. The number of hydrogen-bond acceptors (Lipinski definition) is 14. The molecule has 4 aromatic carbocycles. The van der Waals surface area contributed by atoms with Crippen molar-refractivity contribution in [2.24, 2.45) is 0 Å². The highest BCUT2D eigenvalue weighted by Crippen LogP contribution is 2.37. The third-order valence-electron chi connectivity index (χ3n) is 13.0. The Hall–Kier alpha value is -7.22. The second kappa shape index (κ2) is 24.3. The first kappa shape index (κ1) is 54.1. The molecule has 2 aliphatic heterocycles. The zero-order valence-corrected chi connectivity index (χ0v) is 41.2. The lowest BCUT2D eigenvalue weighted by Crippen LogP contribution is -2.36. The molecule has 2 unspecified atom stereocenters. The summed E-state index contributed by atoms with van der Waals surface area (Å²) in [5, 5.41) is 41.8. The van der Waals surface area contributed by atoms with Crippen LogP contribution in [0.1, 0.15) is 130 Å². The Morgan fingerprint density at radius 3 is 1.75 bits per heavy atom. The van der Waals surface area contributed by atoms with Crippen molar-refractivity contribution in [3.63, 3.8) is 0 Å². The Morgan fingerprint density at radius 2 is 1.25 bits per heavy atom. The van der Waals surface area contributed by atoms with E-state index in [9.17, 15) is 24.3 Å². The fourth-order valence-electron chi connectivity index (χ4n) is 9.31. The van der Waals surface area contributed by atoms with E-state index in [0.717, 1.165) is 100 Å². The van der Waals surface area contributed by atoms with Crippen LogP contribution in [0.4, 0.5) is 0 Å². The van der Waals surface area contributed by atoms with Gasteiger partial charge in [0.1, 0.15) is 16.7 Å². The summed E-state index contributed by atoms with van der Waals surface area (Å²) in [4.78, 5) is 56.4. The van der Waals surface area contributed by atoms with E-state index in [-0.39, 0.29) is 50.7 Å². The standard InChI is InChI=1S/C25H25N5O3S.C22H26N4O2.C4H3NO2S.2CH4/c1-3-30-22-7-6-19(15(2)24(22)27-28-30)20(11-23(31)32)17-5-4-16-8-9-29(12-18(16)10-17)25(33)21-13-34-14-26-21;1-4-26-20-8-7-18(14(2)22(20)24-25-26)19(12-21(27)28-3)16-6-5-15-9-10-23-13-17(15)11-16;6-4(7)3-1-8-2-5-3;;/h4-7,10,13-14,20H,3,8-9,11-12H2,1-2H3,(H,31,32);5-8,11,19,23H,4,9-10,12-13H2,1-3H3;1-2H,(H,6,7);2*1H4. The van der Waals surface area contributed by atoms with E-state index in [1.165, 1.54) is 57.4 Å². The Bertz CT molecular complexity index is 3170. The van der Waals surface area contributed by atoms with E-state index in [1.807, 2.05) is 46.3 Å². The molecule has 1 amide bonds. The van der Waals surface area contributed by atoms with Crippen molar-refractivity contribution in [2.45, 2.75) is 106 Å². The second-order valence-electron chi connectivity index (χ2n) is 17.1. The number of fused-ring (bicyclic) bond motifs is 4. The highest BCUT2D eigenvalue weighted by Gasteiger charge is 2.28. The molecule has 0 radical (unpaired) electrons. The molecular weight excluding hydrogens is 953 g/mol. The summed E-state index contributed by atoms with van der Waals surface area (Å²) in [6.45, 7) is 12.6. The molecule has 0 fully saturated rings. The summed E-state index contributed by atoms with van der Waals surface area (Å²) in [6.07, 6.45) is 2.08. The lowest BCUT2D eigenvalue weighted by atomic mass is 9.83. The average Bonchev–Trinajstić information content (AvgIpc) is 4.24. The van der Waals surface area contributed by atoms with Crippen LogP contribution in [0.5, 0.6) is 0 Å². The Morgan fingerprint density at radius 1 is 0.708 bits per heavy atom. The van der Waals surface area contributed by atoms with Gasteiger partial charge in [0.25, 0.3) is 5.91 Å². The van der Waals surface area contributed by atoms with E-state index in [1.54, 1.807) is 10.9 Å². The van der Waals surface area contributed by atoms with Gasteiger partial charge in [0, 0.05) is 55.3 Å². The zero-order valence-electron chi connectivity index (χ0n) is 39.6. The number of esters is 1. The molecule has 4 aromatic heterocycles. The summed E-state index contributed by atoms with van der Waals surface area (Å²) >= 11 is 2.68. The minimum atomic E-state index is -0.966. The number of carboxylic acids is 2. The molecule has 0 saturated carbocycles. The number of aliphatic carboxylic acids is 1. The molecule has 6 heterocycles. The second-order valence-corrected chi connectivity index (χ2v) is 18.5. The maximum Gasteiger partial charge on any atom is 0.355 e. The number of aryl methyl sites for hydroxylation is 4. The molecule has 10 rings (SSSR count). The van der Waals surface area contributed by atoms with Crippen LogP contribution in [0.2, 0.25) is 0 Å². The van der Waals surface area contributed by atoms with Gasteiger partial charge in [-0.1, -0.05) is 73.8 Å². The van der Waals surface area contributed by atoms with Crippen LogP contribution in [0.3, 0.4) is 0 Å². The first-order chi connectivity index (χ1) is 33.9. The van der Waals surface area contributed by atoms with Gasteiger partial charge in [-0.15, -0.1) is 32.9 Å². The van der Waals surface area contributed by atoms with Crippen molar-refractivity contribution in [3.05, 3.63) is 149 Å². The monoisotopic (exact) mass is 1010 g/mol. The van der Waals surface area contributed by atoms with Gasteiger partial charge in [-0.2, -0.15) is 0 Å². The zero-order chi connectivity index (χ0) is 49.5. The van der Waals surface area contributed by atoms with Crippen LogP contribution < -0.4 is 5.32 Å². The minimum absolute atomic E-state index is 0. The molecule has 3 N–H and O–H groups in total. The predicted octanol–water partition coefficient (Wildman–Crippen LogP) is 9.24. The molecule has 0 aliphatic carbocycles. The average molecular weight is 1020 g/mol. The largest absolute Gasteiger partial charge is 0.481 e. The summed E-state index contributed by atoms with van der Waals surface area (Å²) in [5.74, 6) is -2.51. The minimum Gasteiger partial charge on any atom is -0.481 e. The fraction of sp³-hybridized carbons (Fsp3) is 0.358. The van der Waals surface area contributed by atoms with Crippen LogP contribution in [0.25, 0.3) is 22.1 Å². The van der Waals surface area contributed by atoms with E-state index in [2.05, 4.69) is 92.2 Å². The van der Waals surface area contributed by atoms with E-state index < -0.39 is 11.9 Å². The van der Waals surface area contributed by atoms with Crippen molar-refractivity contribution in [1.82, 2.24) is 50.2 Å². The van der Waals surface area contributed by atoms with Gasteiger partial charge in [-0.05, 0) is 115 Å². The van der Waals surface area contributed by atoms with Crippen LogP contribution in [0.15, 0.2) is 82.4 Å². The van der Waals surface area contributed by atoms with Crippen molar-refractivity contribution < 1.29 is 34.1 Å². The highest BCUT2D eigenvalue weighted by molar-refractivity contribution is 7.08. The number of nitrogens with one attached hydrogen (secondary N) is 1. The Balaban J connectivity index is 0.000000201. The maximum atomic E-state index is 12.8. The Labute approximate surface area is 426 Å². The number of nitrogens with zero attached hydrogens (tertiary/aromatic N) is 9. The lowest BCUT2D eigenvalue weighted by Gasteiger charge is -2.29. The van der Waals surface area contributed by atoms with Crippen LogP contribution in [-0.4, -0.2) is 99.1 Å². The van der Waals surface area contributed by atoms with Gasteiger partial charge in [-0.3, -0.25) is 14.4 Å². The van der Waals surface area contributed by atoms with Crippen molar-refractivity contribution in [2.75, 3.05) is 20.2 Å². The van der Waals surface area contributed by atoms with Crippen LogP contribution in [0, 0.1) is 13.8 Å². The number of aromatic carboxylic acids is 1. The molecular formula is C53H62N10O7S2. The predicted molar refractivity (Wildman–Crippen MR) is 280 cm³/mol. The number of thiazole rings is 2. The Kier molecular flexibility index (Phi) is 18.2. The van der Waals surface area contributed by atoms with Crippen LogP contribution in [-0.2, 0) is 53.3 Å². The molecule has 72 heavy (non-hydrogen) atoms. The summed E-state index contributed by atoms with van der Waals surface area (Å²) in [6, 6.07) is 20.9. The molecule has 19 heteroatoms. The first-order valence-electron chi connectivity index (χ1n) is 23.1. The number of carbonyl (C=O) groups excluding carboxylic acids is 2. The molecule has 0 spiro atoms. The van der Waals surface area contributed by atoms with Gasteiger partial charge >= 0.3 is 17.9 Å². The van der Waals surface area contributed by atoms with Crippen molar-refractivity contribution >= 4 is 68.6 Å². The molecule has 0 saturated heterocycles. The highest BCUT2D eigenvalue weighted by atomic mass is 32.1. The van der Waals surface area contributed by atoms with E-state index in [0.29, 0.717) is 25.2 Å². The van der Waals surface area contributed by atoms with Gasteiger partial charge < -0.3 is 25.2 Å². The topological polar surface area (TPSA) is 220 Å². The third-order valence-corrected chi connectivity index (χ3v) is 14.2. The summed E-state index contributed by atoms with van der Waals surface area (Å²) in [5.41, 5.74) is 18.5. The molecule has 0 bridgehead atoms. The smallest absolute Gasteiger partial charge is 0.355 e. The molecule has 2 atom stereocenters. The van der Waals surface area contributed by atoms with Gasteiger partial charge in [-0.25, -0.2) is 24.1 Å². The number of carbonyl (C=O) groups is 4. The summed E-state index contributed by atoms with van der Waals surface area (Å²) in [7, 11) is 1.44. The van der Waals surface area contributed by atoms with Gasteiger partial charge in [0.05, 0.1) is 42.0 Å². The number of amides is 1. The number of hydrogen-bond donors (Lipinski definition) is 3. The number of aromatic nitrogens is 8. The van der Waals surface area contributed by atoms with E-state index in [4.69, 9.17) is 9.84 Å². The lowest BCUT2D eigenvalue weighted by molar-refractivity contribution is -0.141. The van der Waals surface area contributed by atoms with Crippen molar-refractivity contribution in [3.8, 4) is 0 Å². The number of methoxy groups -OCH3 is 1. The SMILES string of the molecule is C.C.CCn1nnc2c(C)c(C(CC(=O)O)c3ccc4c(c3)CN(C(=O)c3cscn3)CC4)ccc21.CCn1nnc2c(C)c(C(CC(=O)OC)c3ccc4c(c3)CNCC4)ccc21.O=C(O)c1cscn1. The molecule has 8 aromatic rings. The first-order valence-corrected chi connectivity index (χ1v) is 24.9. The molecule has 2 aliphatic rings. The number of carboxylic acid groups (broad SMARTS) is 2. The number of benzene rings is 4. The van der Waals surface area contributed by atoms with Gasteiger partial charge in [0.2, 0.25) is 0 Å². The molecule has 378 valence electrons. The van der Waals surface area contributed by atoms with Gasteiger partial charge in [0.15, 0.2) is 5.69 Å². The number of rotatable bonds is 12. The quantitative estimate of drug-likeness (QED) is 0.0972.